The molecule has 1 aliphatic rings. The highest BCUT2D eigenvalue weighted by Gasteiger charge is 2.40. The number of aliphatic hydroxyl groups is 1. The minimum absolute atomic E-state index is 0.0148. The SMILES string of the molecule is COc1ccc(-c2nc3c(C(=O)N4CCN([C@@H](CO)c5ccccc5OC)C[C@H]4C)cnn3c(C(F)(F)F)c2C)cc1. The van der Waals surface area contributed by atoms with Crippen molar-refractivity contribution in [1.82, 2.24) is 24.4 Å². The van der Waals surface area contributed by atoms with Crippen molar-refractivity contribution in [2.45, 2.75) is 32.1 Å². The smallest absolute Gasteiger partial charge is 0.433 e. The van der Waals surface area contributed by atoms with E-state index in [-0.39, 0.29) is 41.2 Å². The van der Waals surface area contributed by atoms with Crippen molar-refractivity contribution in [2.75, 3.05) is 40.5 Å². The van der Waals surface area contributed by atoms with Crippen molar-refractivity contribution in [1.29, 1.82) is 0 Å². The van der Waals surface area contributed by atoms with E-state index in [1.807, 2.05) is 31.2 Å². The molecule has 9 nitrogen and oxygen atoms in total. The van der Waals surface area contributed by atoms with Gasteiger partial charge in [-0.15, -0.1) is 0 Å². The normalized spacial score (nSPS) is 17.0. The second-order valence-corrected chi connectivity index (χ2v) is 10.2. The molecule has 1 aliphatic heterocycles. The largest absolute Gasteiger partial charge is 0.497 e. The molecule has 2 aromatic carbocycles. The Morgan fingerprint density at radius 3 is 2.43 bits per heavy atom. The molecule has 1 saturated heterocycles. The number of carbonyl (C=O) groups excluding carboxylic acids is 1. The number of benzene rings is 2. The zero-order valence-electron chi connectivity index (χ0n) is 23.7. The fraction of sp³-hybridized carbons (Fsp3) is 0.367. The van der Waals surface area contributed by atoms with E-state index >= 15 is 0 Å². The summed E-state index contributed by atoms with van der Waals surface area (Å²) in [6.45, 7) is 4.24. The zero-order chi connectivity index (χ0) is 30.2. The van der Waals surface area contributed by atoms with Gasteiger partial charge >= 0.3 is 6.18 Å². The van der Waals surface area contributed by atoms with Gasteiger partial charge in [-0.3, -0.25) is 9.69 Å². The number of halogens is 3. The predicted octanol–water partition coefficient (Wildman–Crippen LogP) is 4.62. The van der Waals surface area contributed by atoms with Crippen molar-refractivity contribution < 1.29 is 32.5 Å². The Labute approximate surface area is 241 Å². The van der Waals surface area contributed by atoms with Crippen molar-refractivity contribution in [2.24, 2.45) is 0 Å². The third kappa shape index (κ3) is 5.27. The molecule has 1 N–H and O–H groups in total. The molecule has 1 amide bonds. The van der Waals surface area contributed by atoms with Gasteiger partial charge in [-0.05, 0) is 44.2 Å². The first kappa shape index (κ1) is 29.3. The third-order valence-electron chi connectivity index (χ3n) is 7.78. The Bertz CT molecular complexity index is 1590. The van der Waals surface area contributed by atoms with Crippen LogP contribution >= 0.6 is 0 Å². The van der Waals surface area contributed by atoms with Gasteiger partial charge in [-0.2, -0.15) is 18.3 Å². The number of alkyl halides is 3. The maximum Gasteiger partial charge on any atom is 0.433 e. The number of aliphatic hydroxyl groups excluding tert-OH is 1. The maximum atomic E-state index is 14.3. The Morgan fingerprint density at radius 1 is 1.10 bits per heavy atom. The van der Waals surface area contributed by atoms with E-state index in [4.69, 9.17) is 9.47 Å². The van der Waals surface area contributed by atoms with Gasteiger partial charge in [0.05, 0.1) is 38.8 Å². The van der Waals surface area contributed by atoms with E-state index in [2.05, 4.69) is 15.0 Å². The predicted molar refractivity (Wildman–Crippen MR) is 150 cm³/mol. The number of piperazine rings is 1. The van der Waals surface area contributed by atoms with Crippen LogP contribution in [-0.4, -0.2) is 81.9 Å². The molecule has 0 spiro atoms. The average molecular weight is 584 g/mol. The van der Waals surface area contributed by atoms with Gasteiger partial charge in [-0.25, -0.2) is 9.50 Å². The van der Waals surface area contributed by atoms with Gasteiger partial charge in [0.15, 0.2) is 11.3 Å². The summed E-state index contributed by atoms with van der Waals surface area (Å²) < 4.78 is 54.4. The molecule has 2 atom stereocenters. The van der Waals surface area contributed by atoms with Crippen LogP contribution in [0.3, 0.4) is 0 Å². The van der Waals surface area contributed by atoms with Gasteiger partial charge < -0.3 is 19.5 Å². The number of nitrogens with zero attached hydrogens (tertiary/aromatic N) is 5. The first-order chi connectivity index (χ1) is 20.1. The van der Waals surface area contributed by atoms with E-state index in [0.29, 0.717) is 41.2 Å². The van der Waals surface area contributed by atoms with Crippen molar-refractivity contribution in [3.8, 4) is 22.8 Å². The number of amides is 1. The summed E-state index contributed by atoms with van der Waals surface area (Å²) in [5, 5.41) is 14.2. The molecule has 1 fully saturated rings. The monoisotopic (exact) mass is 583 g/mol. The van der Waals surface area contributed by atoms with Crippen LogP contribution in [0.25, 0.3) is 16.9 Å². The Hall–Kier alpha value is -4.16. The standard InChI is InChI=1S/C30H32F3N5O4/c1-18-16-36(24(17-39)22-7-5-6-8-25(22)42-4)13-14-37(18)29(40)23-15-34-38-27(30(31,32)33)19(2)26(35-28(23)38)20-9-11-21(41-3)12-10-20/h5-12,15,18,24,39H,13-14,16-17H2,1-4H3/t18-,24+/m1/s1. The lowest BCUT2D eigenvalue weighted by atomic mass is 10.0. The molecule has 0 saturated carbocycles. The molecule has 222 valence electrons. The number of hydrogen-bond donors (Lipinski definition) is 1. The fourth-order valence-corrected chi connectivity index (χ4v) is 5.66. The number of carbonyl (C=O) groups is 1. The van der Waals surface area contributed by atoms with E-state index in [1.165, 1.54) is 14.0 Å². The van der Waals surface area contributed by atoms with E-state index < -0.39 is 17.8 Å². The zero-order valence-corrected chi connectivity index (χ0v) is 23.7. The van der Waals surface area contributed by atoms with Gasteiger partial charge in [0.25, 0.3) is 5.91 Å². The highest BCUT2D eigenvalue weighted by molar-refractivity contribution is 6.00. The molecule has 5 rings (SSSR count). The van der Waals surface area contributed by atoms with Gasteiger partial charge in [0.2, 0.25) is 0 Å². The minimum Gasteiger partial charge on any atom is -0.497 e. The van der Waals surface area contributed by atoms with Gasteiger partial charge in [-0.1, -0.05) is 18.2 Å². The number of methoxy groups -OCH3 is 2. The summed E-state index contributed by atoms with van der Waals surface area (Å²) in [6.07, 6.45) is -3.59. The fourth-order valence-electron chi connectivity index (χ4n) is 5.66. The highest BCUT2D eigenvalue weighted by Crippen LogP contribution is 2.37. The lowest BCUT2D eigenvalue weighted by molar-refractivity contribution is -0.143. The van der Waals surface area contributed by atoms with Crippen LogP contribution in [0.1, 0.15) is 40.1 Å². The molecule has 0 aliphatic carbocycles. The number of hydrogen-bond acceptors (Lipinski definition) is 7. The Balaban J connectivity index is 1.48. The number of rotatable bonds is 7. The lowest BCUT2D eigenvalue weighted by Gasteiger charge is -2.43. The van der Waals surface area contributed by atoms with Crippen LogP contribution < -0.4 is 9.47 Å². The lowest BCUT2D eigenvalue weighted by Crippen LogP contribution is -2.55. The third-order valence-corrected chi connectivity index (χ3v) is 7.78. The summed E-state index contributed by atoms with van der Waals surface area (Å²) >= 11 is 0. The van der Waals surface area contributed by atoms with Crippen molar-refractivity contribution in [3.05, 3.63) is 77.1 Å². The number of para-hydroxylation sites is 1. The molecule has 0 radical (unpaired) electrons. The quantitative estimate of drug-likeness (QED) is 0.340. The van der Waals surface area contributed by atoms with Crippen molar-refractivity contribution >= 4 is 11.6 Å². The maximum absolute atomic E-state index is 14.3. The molecule has 12 heteroatoms. The molecule has 3 heterocycles. The molecular weight excluding hydrogens is 551 g/mol. The molecular formula is C30H32F3N5O4. The summed E-state index contributed by atoms with van der Waals surface area (Å²) in [7, 11) is 3.07. The second-order valence-electron chi connectivity index (χ2n) is 10.2. The van der Waals surface area contributed by atoms with Crippen LogP contribution in [0.15, 0.2) is 54.7 Å². The molecule has 0 bridgehead atoms. The van der Waals surface area contributed by atoms with E-state index in [9.17, 15) is 23.1 Å². The summed E-state index contributed by atoms with van der Waals surface area (Å²) in [6, 6.07) is 13.3. The van der Waals surface area contributed by atoms with Gasteiger partial charge in [0.1, 0.15) is 17.1 Å². The number of ether oxygens (including phenoxy) is 2. The van der Waals surface area contributed by atoms with E-state index in [0.717, 1.165) is 11.8 Å². The Kier molecular flexibility index (Phi) is 8.11. The van der Waals surface area contributed by atoms with Crippen LogP contribution in [0.4, 0.5) is 13.2 Å². The molecule has 0 unspecified atom stereocenters. The molecule has 42 heavy (non-hydrogen) atoms. The van der Waals surface area contributed by atoms with Gasteiger partial charge in [0, 0.05) is 42.4 Å². The van der Waals surface area contributed by atoms with Crippen molar-refractivity contribution in [3.63, 3.8) is 0 Å². The Morgan fingerprint density at radius 2 is 1.81 bits per heavy atom. The minimum atomic E-state index is -4.74. The summed E-state index contributed by atoms with van der Waals surface area (Å²) in [4.78, 5) is 22.1. The second kappa shape index (κ2) is 11.6. The van der Waals surface area contributed by atoms with Crippen LogP contribution in [0.2, 0.25) is 0 Å². The van der Waals surface area contributed by atoms with Crippen LogP contribution in [-0.2, 0) is 6.18 Å². The first-order valence-corrected chi connectivity index (χ1v) is 13.5. The highest BCUT2D eigenvalue weighted by atomic mass is 19.4. The first-order valence-electron chi connectivity index (χ1n) is 13.5. The number of fused-ring (bicyclic) bond motifs is 1. The average Bonchev–Trinajstić information content (AvgIpc) is 3.39. The van der Waals surface area contributed by atoms with E-state index in [1.54, 1.807) is 36.3 Å². The topological polar surface area (TPSA) is 92.4 Å². The number of aromatic nitrogens is 3. The van der Waals surface area contributed by atoms with Crippen LogP contribution in [0.5, 0.6) is 11.5 Å². The van der Waals surface area contributed by atoms with Crippen LogP contribution in [0, 0.1) is 6.92 Å². The summed E-state index contributed by atoms with van der Waals surface area (Å²) in [5.41, 5.74) is 0.122. The summed E-state index contributed by atoms with van der Waals surface area (Å²) in [5.74, 6) is 0.750. The molecule has 4 aromatic rings. The molecule has 2 aromatic heterocycles.